The van der Waals surface area contributed by atoms with E-state index in [-0.39, 0.29) is 30.7 Å². The van der Waals surface area contributed by atoms with E-state index in [9.17, 15) is 19.5 Å². The van der Waals surface area contributed by atoms with E-state index >= 15 is 0 Å². The molecule has 41 heavy (non-hydrogen) atoms. The zero-order valence-electron chi connectivity index (χ0n) is 24.2. The normalized spacial score (nSPS) is 16.3. The van der Waals surface area contributed by atoms with Gasteiger partial charge in [0.2, 0.25) is 0 Å². The fourth-order valence-corrected chi connectivity index (χ4v) is 5.81. The predicted octanol–water partition coefficient (Wildman–Crippen LogP) is 5.79. The Hall–Kier alpha value is -4.27. The first-order chi connectivity index (χ1) is 19.4. The minimum Gasteiger partial charge on any atom is -0.478 e. The van der Waals surface area contributed by atoms with Crippen LogP contribution < -0.4 is 0 Å². The standard InChI is InChI=1S/C32H37N3O6/c1-20-27(29(36)37)16-22(33(20)5)18-35(21-14-15-34(17-21)30(38)41-32(2,3)4)31(39)40-19-28-25-12-8-6-10-23(25)24-11-7-9-13-26(24)28/h6-13,16,21,28H,14-15,17-19H2,1-5H3,(H,36,37)/t21-/m0/s1. The summed E-state index contributed by atoms with van der Waals surface area (Å²) in [4.78, 5) is 41.6. The first kappa shape index (κ1) is 28.3. The van der Waals surface area contributed by atoms with Crippen molar-refractivity contribution in [3.8, 4) is 11.1 Å². The highest BCUT2D eigenvalue weighted by molar-refractivity contribution is 5.89. The molecule has 2 heterocycles. The Morgan fingerprint density at radius 3 is 2.20 bits per heavy atom. The molecule has 0 unspecified atom stereocenters. The second-order valence-electron chi connectivity index (χ2n) is 11.8. The maximum atomic E-state index is 13.8. The van der Waals surface area contributed by atoms with Crippen molar-refractivity contribution in [2.75, 3.05) is 19.7 Å². The Morgan fingerprint density at radius 1 is 1.02 bits per heavy atom. The van der Waals surface area contributed by atoms with Gasteiger partial charge in [0.05, 0.1) is 18.2 Å². The predicted molar refractivity (Wildman–Crippen MR) is 154 cm³/mol. The highest BCUT2D eigenvalue weighted by Gasteiger charge is 2.37. The molecule has 0 saturated carbocycles. The van der Waals surface area contributed by atoms with Gasteiger partial charge in [-0.05, 0) is 62.4 Å². The lowest BCUT2D eigenvalue weighted by atomic mass is 9.98. The zero-order chi connectivity index (χ0) is 29.5. The maximum absolute atomic E-state index is 13.8. The van der Waals surface area contributed by atoms with Crippen LogP contribution in [0.4, 0.5) is 9.59 Å². The fraction of sp³-hybridized carbons (Fsp3) is 0.406. The van der Waals surface area contributed by atoms with E-state index < -0.39 is 23.8 Å². The van der Waals surface area contributed by atoms with Crippen LogP contribution in [-0.4, -0.2) is 69.0 Å². The third-order valence-corrected chi connectivity index (χ3v) is 8.02. The van der Waals surface area contributed by atoms with Crippen molar-refractivity contribution in [2.24, 2.45) is 7.05 Å². The summed E-state index contributed by atoms with van der Waals surface area (Å²) < 4.78 is 13.4. The monoisotopic (exact) mass is 559 g/mol. The largest absolute Gasteiger partial charge is 0.478 e. The van der Waals surface area contributed by atoms with Gasteiger partial charge in [-0.2, -0.15) is 0 Å². The number of amides is 2. The number of aromatic carboxylic acids is 1. The molecule has 1 aliphatic heterocycles. The smallest absolute Gasteiger partial charge is 0.410 e. The van der Waals surface area contributed by atoms with Crippen LogP contribution in [0.3, 0.4) is 0 Å². The van der Waals surface area contributed by atoms with E-state index in [1.807, 2.05) is 45.0 Å². The zero-order valence-corrected chi connectivity index (χ0v) is 24.2. The highest BCUT2D eigenvalue weighted by Crippen LogP contribution is 2.44. The number of aromatic nitrogens is 1. The summed E-state index contributed by atoms with van der Waals surface area (Å²) in [5.41, 5.74) is 5.36. The summed E-state index contributed by atoms with van der Waals surface area (Å²) in [7, 11) is 1.79. The summed E-state index contributed by atoms with van der Waals surface area (Å²) in [6.45, 7) is 8.25. The van der Waals surface area contributed by atoms with E-state index in [1.165, 1.54) is 0 Å². The van der Waals surface area contributed by atoms with Crippen LogP contribution in [0.15, 0.2) is 54.6 Å². The highest BCUT2D eigenvalue weighted by atomic mass is 16.6. The van der Waals surface area contributed by atoms with Gasteiger partial charge < -0.3 is 24.0 Å². The molecule has 1 saturated heterocycles. The minimum atomic E-state index is -1.02. The van der Waals surface area contributed by atoms with Gasteiger partial charge in [-0.15, -0.1) is 0 Å². The molecule has 1 aliphatic carbocycles. The number of rotatable bonds is 6. The van der Waals surface area contributed by atoms with Crippen LogP contribution in [-0.2, 0) is 23.1 Å². The van der Waals surface area contributed by atoms with Crippen LogP contribution in [0.1, 0.15) is 66.0 Å². The number of carboxylic acid groups (broad SMARTS) is 1. The lowest BCUT2D eigenvalue weighted by Gasteiger charge is -2.30. The van der Waals surface area contributed by atoms with E-state index in [0.717, 1.165) is 22.3 Å². The van der Waals surface area contributed by atoms with Gasteiger partial charge in [-0.3, -0.25) is 4.90 Å². The number of hydrogen-bond donors (Lipinski definition) is 1. The second-order valence-corrected chi connectivity index (χ2v) is 11.8. The van der Waals surface area contributed by atoms with Gasteiger partial charge in [-0.25, -0.2) is 14.4 Å². The Kier molecular flexibility index (Phi) is 7.55. The fourth-order valence-electron chi connectivity index (χ4n) is 5.81. The second kappa shape index (κ2) is 11.0. The molecule has 0 spiro atoms. The first-order valence-electron chi connectivity index (χ1n) is 13.9. The number of benzene rings is 2. The average molecular weight is 560 g/mol. The molecule has 2 aliphatic rings. The van der Waals surface area contributed by atoms with E-state index in [4.69, 9.17) is 9.47 Å². The molecule has 5 rings (SSSR count). The van der Waals surface area contributed by atoms with Gasteiger partial charge in [-0.1, -0.05) is 48.5 Å². The number of likely N-dealkylation sites (tertiary alicyclic amines) is 1. The van der Waals surface area contributed by atoms with Crippen molar-refractivity contribution >= 4 is 18.2 Å². The third-order valence-electron chi connectivity index (χ3n) is 8.02. The molecular weight excluding hydrogens is 522 g/mol. The lowest BCUT2D eigenvalue weighted by Crippen LogP contribution is -2.44. The Bertz CT molecular complexity index is 1440. The molecule has 3 aromatic rings. The van der Waals surface area contributed by atoms with Crippen LogP contribution >= 0.6 is 0 Å². The summed E-state index contributed by atoms with van der Waals surface area (Å²) in [5, 5.41) is 9.64. The number of fused-ring (bicyclic) bond motifs is 3. The number of ether oxygens (including phenoxy) is 2. The summed E-state index contributed by atoms with van der Waals surface area (Å²) in [6, 6.07) is 17.6. The number of hydrogen-bond acceptors (Lipinski definition) is 5. The lowest BCUT2D eigenvalue weighted by molar-refractivity contribution is 0.0271. The van der Waals surface area contributed by atoms with Crippen LogP contribution in [0.5, 0.6) is 0 Å². The topological polar surface area (TPSA) is 101 Å². The summed E-state index contributed by atoms with van der Waals surface area (Å²) in [5.74, 6) is -1.11. The molecule has 1 aromatic heterocycles. The number of carbonyl (C=O) groups is 3. The van der Waals surface area contributed by atoms with Gasteiger partial charge in [0, 0.05) is 37.4 Å². The van der Waals surface area contributed by atoms with Gasteiger partial charge in [0.15, 0.2) is 0 Å². The molecule has 1 N–H and O–H groups in total. The Labute approximate surface area is 240 Å². The molecule has 2 aromatic carbocycles. The molecule has 1 fully saturated rings. The van der Waals surface area contributed by atoms with Crippen molar-refractivity contribution < 1.29 is 29.0 Å². The van der Waals surface area contributed by atoms with Crippen molar-refractivity contribution in [2.45, 2.75) is 58.2 Å². The molecule has 9 nitrogen and oxygen atoms in total. The Balaban J connectivity index is 1.38. The molecule has 2 amide bonds. The third kappa shape index (κ3) is 5.66. The molecule has 216 valence electrons. The number of nitrogens with zero attached hydrogens (tertiary/aromatic N) is 3. The summed E-state index contributed by atoms with van der Waals surface area (Å²) in [6.07, 6.45) is -0.368. The van der Waals surface area contributed by atoms with Crippen LogP contribution in [0.25, 0.3) is 11.1 Å². The first-order valence-corrected chi connectivity index (χ1v) is 13.9. The van der Waals surface area contributed by atoms with E-state index in [1.54, 1.807) is 34.4 Å². The molecule has 0 bridgehead atoms. The SMILES string of the molecule is Cc1c(C(=O)O)cc(CN(C(=O)OCC2c3ccccc3-c3ccccc32)[C@H]2CCN(C(=O)OC(C)(C)C)C2)n1C. The average Bonchev–Trinajstić information content (AvgIpc) is 3.61. The van der Waals surface area contributed by atoms with Crippen molar-refractivity contribution in [3.05, 3.63) is 82.7 Å². The maximum Gasteiger partial charge on any atom is 0.410 e. The van der Waals surface area contributed by atoms with E-state index in [0.29, 0.717) is 30.9 Å². The van der Waals surface area contributed by atoms with Crippen molar-refractivity contribution in [1.82, 2.24) is 14.4 Å². The molecular formula is C32H37N3O6. The molecule has 1 atom stereocenters. The van der Waals surface area contributed by atoms with Crippen molar-refractivity contribution in [1.29, 1.82) is 0 Å². The molecule has 9 heteroatoms. The molecule has 0 radical (unpaired) electrons. The minimum absolute atomic E-state index is 0.0917. The number of carboxylic acids is 1. The van der Waals surface area contributed by atoms with Crippen LogP contribution in [0, 0.1) is 6.92 Å². The van der Waals surface area contributed by atoms with Gasteiger partial charge in [0.25, 0.3) is 0 Å². The van der Waals surface area contributed by atoms with Crippen molar-refractivity contribution in [3.63, 3.8) is 0 Å². The van der Waals surface area contributed by atoms with E-state index in [2.05, 4.69) is 24.3 Å². The Morgan fingerprint density at radius 2 is 1.63 bits per heavy atom. The van der Waals surface area contributed by atoms with Crippen LogP contribution in [0.2, 0.25) is 0 Å². The summed E-state index contributed by atoms with van der Waals surface area (Å²) >= 11 is 0. The van der Waals surface area contributed by atoms with Gasteiger partial charge in [0.1, 0.15) is 12.2 Å². The quantitative estimate of drug-likeness (QED) is 0.410. The van der Waals surface area contributed by atoms with Gasteiger partial charge >= 0.3 is 18.2 Å². The number of carbonyl (C=O) groups excluding carboxylic acids is 2.